The minimum absolute atomic E-state index is 0.101. The van der Waals surface area contributed by atoms with Crippen LogP contribution in [0.25, 0.3) is 0 Å². The summed E-state index contributed by atoms with van der Waals surface area (Å²) in [6.45, 7) is 1.00. The molecule has 2 rings (SSSR count). The Morgan fingerprint density at radius 1 is 1.17 bits per heavy atom. The lowest BCUT2D eigenvalue weighted by Crippen LogP contribution is -2.22. The second kappa shape index (κ2) is 5.93. The van der Waals surface area contributed by atoms with Gasteiger partial charge in [0.1, 0.15) is 0 Å². The quantitative estimate of drug-likeness (QED) is 0.851. The molecule has 3 N–H and O–H groups in total. The maximum Gasteiger partial charge on any atom is 0.251 e. The van der Waals surface area contributed by atoms with Gasteiger partial charge in [0.2, 0.25) is 0 Å². The number of amides is 1. The molecule has 18 heavy (non-hydrogen) atoms. The molecule has 0 atom stereocenters. The Labute approximate surface area is 106 Å². The van der Waals surface area contributed by atoms with Crippen LogP contribution in [-0.4, -0.2) is 10.9 Å². The first-order chi connectivity index (χ1) is 8.79. The summed E-state index contributed by atoms with van der Waals surface area (Å²) in [4.78, 5) is 15.7. The number of hydrogen-bond acceptors (Lipinski definition) is 3. The van der Waals surface area contributed by atoms with Crippen molar-refractivity contribution < 1.29 is 4.79 Å². The summed E-state index contributed by atoms with van der Waals surface area (Å²) in [6.07, 6.45) is 3.20. The first-order valence-corrected chi connectivity index (χ1v) is 5.75. The normalized spacial score (nSPS) is 10.1. The van der Waals surface area contributed by atoms with Crippen LogP contribution in [0, 0.1) is 0 Å². The third kappa shape index (κ3) is 3.15. The third-order valence-corrected chi connectivity index (χ3v) is 2.62. The molecule has 0 aliphatic rings. The molecule has 1 aromatic carbocycles. The predicted octanol–water partition coefficient (Wildman–Crippen LogP) is 1.47. The number of aromatic nitrogens is 1. The maximum absolute atomic E-state index is 11.8. The van der Waals surface area contributed by atoms with E-state index in [4.69, 9.17) is 5.73 Å². The number of nitrogens with zero attached hydrogens (tertiary/aromatic N) is 1. The van der Waals surface area contributed by atoms with Crippen LogP contribution in [0.2, 0.25) is 0 Å². The van der Waals surface area contributed by atoms with Gasteiger partial charge in [-0.2, -0.15) is 0 Å². The van der Waals surface area contributed by atoms with Crippen LogP contribution in [0.5, 0.6) is 0 Å². The van der Waals surface area contributed by atoms with E-state index in [0.29, 0.717) is 18.7 Å². The SMILES string of the molecule is NCc1cccc(CNC(=O)c2ccncc2)c1. The van der Waals surface area contributed by atoms with Crippen molar-refractivity contribution in [1.29, 1.82) is 0 Å². The summed E-state index contributed by atoms with van der Waals surface area (Å²) in [6, 6.07) is 11.2. The van der Waals surface area contributed by atoms with Crippen LogP contribution < -0.4 is 11.1 Å². The summed E-state index contributed by atoms with van der Waals surface area (Å²) in [5, 5.41) is 2.86. The van der Waals surface area contributed by atoms with Gasteiger partial charge >= 0.3 is 0 Å². The van der Waals surface area contributed by atoms with Gasteiger partial charge in [-0.25, -0.2) is 0 Å². The number of nitrogens with two attached hydrogens (primary N) is 1. The third-order valence-electron chi connectivity index (χ3n) is 2.62. The molecule has 0 fully saturated rings. The van der Waals surface area contributed by atoms with Gasteiger partial charge in [-0.05, 0) is 23.3 Å². The summed E-state index contributed by atoms with van der Waals surface area (Å²) in [5.74, 6) is -0.101. The number of carbonyl (C=O) groups is 1. The Kier molecular flexibility index (Phi) is 4.04. The molecule has 92 valence electrons. The highest BCUT2D eigenvalue weighted by Gasteiger charge is 2.04. The fourth-order valence-corrected chi connectivity index (χ4v) is 1.65. The van der Waals surface area contributed by atoms with Crippen molar-refractivity contribution in [2.75, 3.05) is 0 Å². The molecule has 0 unspecified atom stereocenters. The van der Waals surface area contributed by atoms with Crippen LogP contribution in [0.4, 0.5) is 0 Å². The van der Waals surface area contributed by atoms with E-state index in [9.17, 15) is 4.79 Å². The highest BCUT2D eigenvalue weighted by Crippen LogP contribution is 2.05. The van der Waals surface area contributed by atoms with Crippen molar-refractivity contribution >= 4 is 5.91 Å². The first kappa shape index (κ1) is 12.3. The van der Waals surface area contributed by atoms with Crippen molar-refractivity contribution in [3.63, 3.8) is 0 Å². The molecular weight excluding hydrogens is 226 g/mol. The highest BCUT2D eigenvalue weighted by atomic mass is 16.1. The Balaban J connectivity index is 1.97. The zero-order valence-electron chi connectivity index (χ0n) is 9.97. The van der Waals surface area contributed by atoms with E-state index in [0.717, 1.165) is 11.1 Å². The number of benzene rings is 1. The van der Waals surface area contributed by atoms with E-state index in [1.807, 2.05) is 24.3 Å². The van der Waals surface area contributed by atoms with Crippen LogP contribution in [0.3, 0.4) is 0 Å². The van der Waals surface area contributed by atoms with Gasteiger partial charge in [0, 0.05) is 31.0 Å². The largest absolute Gasteiger partial charge is 0.348 e. The number of nitrogens with one attached hydrogen (secondary N) is 1. The van der Waals surface area contributed by atoms with Crippen molar-refractivity contribution in [3.05, 3.63) is 65.5 Å². The monoisotopic (exact) mass is 241 g/mol. The molecule has 0 spiro atoms. The zero-order chi connectivity index (χ0) is 12.8. The van der Waals surface area contributed by atoms with E-state index >= 15 is 0 Å². The van der Waals surface area contributed by atoms with E-state index in [1.54, 1.807) is 24.5 Å². The average Bonchev–Trinajstić information content (AvgIpc) is 2.46. The number of hydrogen-bond donors (Lipinski definition) is 2. The lowest BCUT2D eigenvalue weighted by molar-refractivity contribution is 0.0951. The summed E-state index contributed by atoms with van der Waals surface area (Å²) in [5.41, 5.74) is 8.29. The Bertz CT molecular complexity index is 526. The standard InChI is InChI=1S/C14H15N3O/c15-9-11-2-1-3-12(8-11)10-17-14(18)13-4-6-16-7-5-13/h1-8H,9-10,15H2,(H,17,18). The van der Waals surface area contributed by atoms with Gasteiger partial charge in [0.05, 0.1) is 0 Å². The summed E-state index contributed by atoms with van der Waals surface area (Å²) in [7, 11) is 0. The van der Waals surface area contributed by atoms with Crippen molar-refractivity contribution in [3.8, 4) is 0 Å². The van der Waals surface area contributed by atoms with Crippen LogP contribution in [0.15, 0.2) is 48.8 Å². The molecule has 0 bridgehead atoms. The Morgan fingerprint density at radius 2 is 1.89 bits per heavy atom. The Hall–Kier alpha value is -2.20. The zero-order valence-corrected chi connectivity index (χ0v) is 9.97. The lowest BCUT2D eigenvalue weighted by atomic mass is 10.1. The van der Waals surface area contributed by atoms with Gasteiger partial charge in [-0.3, -0.25) is 9.78 Å². The maximum atomic E-state index is 11.8. The molecule has 0 saturated heterocycles. The van der Waals surface area contributed by atoms with Crippen LogP contribution in [0.1, 0.15) is 21.5 Å². The van der Waals surface area contributed by atoms with Crippen molar-refractivity contribution in [2.45, 2.75) is 13.1 Å². The molecule has 1 heterocycles. The number of rotatable bonds is 4. The summed E-state index contributed by atoms with van der Waals surface area (Å²) >= 11 is 0. The van der Waals surface area contributed by atoms with Crippen molar-refractivity contribution in [1.82, 2.24) is 10.3 Å². The highest BCUT2D eigenvalue weighted by molar-refractivity contribution is 5.93. The van der Waals surface area contributed by atoms with Gasteiger partial charge in [0.25, 0.3) is 5.91 Å². The first-order valence-electron chi connectivity index (χ1n) is 5.75. The predicted molar refractivity (Wildman–Crippen MR) is 69.7 cm³/mol. The molecule has 0 aliphatic carbocycles. The Morgan fingerprint density at radius 3 is 2.61 bits per heavy atom. The van der Waals surface area contributed by atoms with Gasteiger partial charge in [-0.1, -0.05) is 24.3 Å². The van der Waals surface area contributed by atoms with Gasteiger partial charge in [-0.15, -0.1) is 0 Å². The fourth-order valence-electron chi connectivity index (χ4n) is 1.65. The van der Waals surface area contributed by atoms with Crippen LogP contribution >= 0.6 is 0 Å². The van der Waals surface area contributed by atoms with E-state index < -0.39 is 0 Å². The fraction of sp³-hybridized carbons (Fsp3) is 0.143. The van der Waals surface area contributed by atoms with Gasteiger partial charge in [0.15, 0.2) is 0 Å². The molecule has 2 aromatic rings. The van der Waals surface area contributed by atoms with E-state index in [-0.39, 0.29) is 5.91 Å². The van der Waals surface area contributed by atoms with Crippen LogP contribution in [-0.2, 0) is 13.1 Å². The lowest BCUT2D eigenvalue weighted by Gasteiger charge is -2.06. The molecule has 1 amide bonds. The topological polar surface area (TPSA) is 68.0 Å². The number of carbonyl (C=O) groups excluding carboxylic acids is 1. The second-order valence-corrected chi connectivity index (χ2v) is 3.94. The second-order valence-electron chi connectivity index (χ2n) is 3.94. The van der Waals surface area contributed by atoms with Crippen molar-refractivity contribution in [2.24, 2.45) is 5.73 Å². The minimum Gasteiger partial charge on any atom is -0.348 e. The average molecular weight is 241 g/mol. The van der Waals surface area contributed by atoms with Gasteiger partial charge < -0.3 is 11.1 Å². The molecule has 4 heteroatoms. The molecular formula is C14H15N3O. The molecule has 0 aliphatic heterocycles. The minimum atomic E-state index is -0.101. The summed E-state index contributed by atoms with van der Waals surface area (Å²) < 4.78 is 0. The van der Waals surface area contributed by atoms with E-state index in [1.165, 1.54) is 0 Å². The smallest absolute Gasteiger partial charge is 0.251 e. The molecule has 4 nitrogen and oxygen atoms in total. The molecule has 0 radical (unpaired) electrons. The number of pyridine rings is 1. The molecule has 1 aromatic heterocycles. The van der Waals surface area contributed by atoms with E-state index in [2.05, 4.69) is 10.3 Å². The molecule has 0 saturated carbocycles.